The van der Waals surface area contributed by atoms with Gasteiger partial charge in [0.1, 0.15) is 22.7 Å². The number of fused-ring (bicyclic) bond motifs is 3. The Morgan fingerprint density at radius 3 is 2.59 bits per heavy atom. The third kappa shape index (κ3) is 3.75. The topological polar surface area (TPSA) is 117 Å². The lowest BCUT2D eigenvalue weighted by atomic mass is 10.1. The van der Waals surface area contributed by atoms with Gasteiger partial charge in [0.2, 0.25) is 0 Å². The van der Waals surface area contributed by atoms with Gasteiger partial charge in [-0.05, 0) is 68.5 Å². The van der Waals surface area contributed by atoms with Crippen molar-refractivity contribution >= 4 is 22.6 Å². The Hall–Kier alpha value is -4.27. The van der Waals surface area contributed by atoms with Crippen LogP contribution in [0.4, 0.5) is 5.69 Å². The highest BCUT2D eigenvalue weighted by molar-refractivity contribution is 5.92. The Morgan fingerprint density at radius 2 is 1.88 bits per heavy atom. The fourth-order valence-electron chi connectivity index (χ4n) is 4.52. The van der Waals surface area contributed by atoms with Crippen LogP contribution >= 0.6 is 0 Å². The maximum absolute atomic E-state index is 12.6. The summed E-state index contributed by atoms with van der Waals surface area (Å²) in [4.78, 5) is 35.6. The number of rotatable bonds is 5. The second-order valence-electron chi connectivity index (χ2n) is 8.38. The molecule has 1 aliphatic carbocycles. The van der Waals surface area contributed by atoms with E-state index in [1.54, 1.807) is 54.9 Å². The quantitative estimate of drug-likeness (QED) is 0.144. The van der Waals surface area contributed by atoms with Crippen molar-refractivity contribution in [3.63, 3.8) is 0 Å². The van der Waals surface area contributed by atoms with Crippen molar-refractivity contribution in [1.29, 1.82) is 0 Å². The molecule has 0 amide bonds. The first kappa shape index (κ1) is 21.6. The summed E-state index contributed by atoms with van der Waals surface area (Å²) in [6, 6.07) is 11.9. The van der Waals surface area contributed by atoms with Crippen molar-refractivity contribution < 1.29 is 18.9 Å². The van der Waals surface area contributed by atoms with Crippen molar-refractivity contribution in [3.8, 4) is 5.75 Å². The van der Waals surface area contributed by atoms with Crippen LogP contribution in [0.5, 0.6) is 5.75 Å². The van der Waals surface area contributed by atoms with Crippen LogP contribution in [0.25, 0.3) is 11.0 Å². The molecule has 2 aromatic heterocycles. The van der Waals surface area contributed by atoms with Crippen LogP contribution in [0.15, 0.2) is 51.7 Å². The number of aromatic nitrogens is 2. The summed E-state index contributed by atoms with van der Waals surface area (Å²) in [5.74, 6) is -0.256. The number of nitro groups is 1. The Kier molecular flexibility index (Phi) is 5.24. The molecule has 34 heavy (non-hydrogen) atoms. The molecule has 172 valence electrons. The van der Waals surface area contributed by atoms with Crippen LogP contribution in [-0.2, 0) is 19.4 Å². The van der Waals surface area contributed by atoms with E-state index in [9.17, 15) is 19.7 Å². The van der Waals surface area contributed by atoms with E-state index in [1.165, 1.54) is 0 Å². The van der Waals surface area contributed by atoms with E-state index < -0.39 is 10.9 Å². The summed E-state index contributed by atoms with van der Waals surface area (Å²) >= 11 is 0. The highest BCUT2D eigenvalue weighted by atomic mass is 16.6. The fraction of sp³-hybridized carbons (Fsp3) is 0.240. The number of benzene rings is 2. The number of esters is 1. The molecule has 0 aliphatic heterocycles. The zero-order valence-corrected chi connectivity index (χ0v) is 18.7. The molecule has 5 rings (SSSR count). The second kappa shape index (κ2) is 8.26. The summed E-state index contributed by atoms with van der Waals surface area (Å²) in [6.07, 6.45) is 2.51. The van der Waals surface area contributed by atoms with Gasteiger partial charge in [-0.3, -0.25) is 14.8 Å². The molecule has 0 radical (unpaired) electrons. The van der Waals surface area contributed by atoms with E-state index in [-0.39, 0.29) is 17.1 Å². The Balaban J connectivity index is 1.33. The standard InChI is InChI=1S/C25H21N3O6/c1-14-23(28(31)32)15(2)27(26-14)13-16-6-8-17(9-7-16)24(29)33-18-10-11-20-19-4-3-5-21(19)25(30)34-22(20)12-18/h6-12H,3-5,13H2,1-2H3. The minimum Gasteiger partial charge on any atom is -0.423 e. The fourth-order valence-corrected chi connectivity index (χ4v) is 4.52. The summed E-state index contributed by atoms with van der Waals surface area (Å²) in [6.45, 7) is 3.60. The van der Waals surface area contributed by atoms with Gasteiger partial charge in [-0.25, -0.2) is 9.59 Å². The average Bonchev–Trinajstić information content (AvgIpc) is 3.39. The summed E-state index contributed by atoms with van der Waals surface area (Å²) in [5, 5.41) is 16.3. The van der Waals surface area contributed by atoms with E-state index in [1.807, 2.05) is 6.07 Å². The smallest absolute Gasteiger partial charge is 0.343 e. The van der Waals surface area contributed by atoms with Crippen molar-refractivity contribution in [2.75, 3.05) is 0 Å². The van der Waals surface area contributed by atoms with Crippen LogP contribution in [0.1, 0.15) is 44.9 Å². The predicted octanol–water partition coefficient (Wildman–Crippen LogP) is 4.27. The van der Waals surface area contributed by atoms with E-state index in [0.29, 0.717) is 29.1 Å². The van der Waals surface area contributed by atoms with Gasteiger partial charge in [0.15, 0.2) is 0 Å². The Labute approximate surface area is 193 Å². The molecule has 0 unspecified atom stereocenters. The molecule has 0 atom stereocenters. The molecular formula is C25H21N3O6. The summed E-state index contributed by atoms with van der Waals surface area (Å²) in [7, 11) is 0. The molecular weight excluding hydrogens is 438 g/mol. The zero-order chi connectivity index (χ0) is 24.0. The van der Waals surface area contributed by atoms with Crippen LogP contribution < -0.4 is 10.4 Å². The van der Waals surface area contributed by atoms with E-state index in [0.717, 1.165) is 41.3 Å². The largest absolute Gasteiger partial charge is 0.423 e. The normalized spacial score (nSPS) is 12.6. The van der Waals surface area contributed by atoms with E-state index in [4.69, 9.17) is 9.15 Å². The van der Waals surface area contributed by atoms with Crippen LogP contribution in [0.3, 0.4) is 0 Å². The van der Waals surface area contributed by atoms with Crippen LogP contribution in [0.2, 0.25) is 0 Å². The van der Waals surface area contributed by atoms with Gasteiger partial charge in [-0.2, -0.15) is 5.10 Å². The third-order valence-corrected chi connectivity index (χ3v) is 6.20. The molecule has 0 saturated carbocycles. The van der Waals surface area contributed by atoms with E-state index in [2.05, 4.69) is 5.10 Å². The Bertz CT molecular complexity index is 1510. The van der Waals surface area contributed by atoms with Crippen molar-refractivity contribution in [3.05, 3.63) is 96.6 Å². The second-order valence-corrected chi connectivity index (χ2v) is 8.38. The summed E-state index contributed by atoms with van der Waals surface area (Å²) < 4.78 is 12.5. The predicted molar refractivity (Wildman–Crippen MR) is 123 cm³/mol. The third-order valence-electron chi connectivity index (χ3n) is 6.20. The minimum atomic E-state index is -0.545. The lowest BCUT2D eigenvalue weighted by molar-refractivity contribution is -0.386. The SMILES string of the molecule is Cc1nn(Cc2ccc(C(=O)Oc3ccc4c5c(c(=O)oc4c3)CCC5)cc2)c(C)c1[N+](=O)[O-]. The first-order valence-electron chi connectivity index (χ1n) is 10.9. The van der Waals surface area contributed by atoms with Gasteiger partial charge in [0.25, 0.3) is 0 Å². The number of carbonyl (C=O) groups excluding carboxylic acids is 1. The Morgan fingerprint density at radius 1 is 1.15 bits per heavy atom. The lowest BCUT2D eigenvalue weighted by Gasteiger charge is -2.08. The number of aryl methyl sites for hydroxylation is 2. The monoisotopic (exact) mass is 459 g/mol. The average molecular weight is 459 g/mol. The highest BCUT2D eigenvalue weighted by Crippen LogP contribution is 2.30. The van der Waals surface area contributed by atoms with Crippen molar-refractivity contribution in [2.24, 2.45) is 0 Å². The maximum atomic E-state index is 12.6. The maximum Gasteiger partial charge on any atom is 0.343 e. The number of carbonyl (C=O) groups is 1. The van der Waals surface area contributed by atoms with Crippen LogP contribution in [0, 0.1) is 24.0 Å². The number of hydrogen-bond donors (Lipinski definition) is 0. The van der Waals surface area contributed by atoms with Crippen molar-refractivity contribution in [2.45, 2.75) is 39.7 Å². The molecule has 2 aromatic carbocycles. The molecule has 0 saturated heterocycles. The molecule has 0 fully saturated rings. The molecule has 0 bridgehead atoms. The van der Waals surface area contributed by atoms with Gasteiger partial charge in [0.05, 0.1) is 17.0 Å². The minimum absolute atomic E-state index is 0.0105. The van der Waals surface area contributed by atoms with Gasteiger partial charge in [-0.15, -0.1) is 0 Å². The molecule has 0 spiro atoms. The summed E-state index contributed by atoms with van der Waals surface area (Å²) in [5.41, 5.74) is 3.86. The first-order valence-corrected chi connectivity index (χ1v) is 10.9. The first-order chi connectivity index (χ1) is 16.3. The molecule has 2 heterocycles. The highest BCUT2D eigenvalue weighted by Gasteiger charge is 2.22. The molecule has 1 aliphatic rings. The van der Waals surface area contributed by atoms with Gasteiger partial charge in [-0.1, -0.05) is 12.1 Å². The van der Waals surface area contributed by atoms with Gasteiger partial charge < -0.3 is 9.15 Å². The molecule has 4 aromatic rings. The lowest BCUT2D eigenvalue weighted by Crippen LogP contribution is -2.10. The number of hydrogen-bond acceptors (Lipinski definition) is 7. The van der Waals surface area contributed by atoms with E-state index >= 15 is 0 Å². The molecule has 9 heteroatoms. The van der Waals surface area contributed by atoms with Crippen LogP contribution in [-0.4, -0.2) is 20.7 Å². The van der Waals surface area contributed by atoms with Gasteiger partial charge >= 0.3 is 17.3 Å². The zero-order valence-electron chi connectivity index (χ0n) is 18.7. The van der Waals surface area contributed by atoms with Crippen molar-refractivity contribution in [1.82, 2.24) is 9.78 Å². The molecule has 9 nitrogen and oxygen atoms in total. The number of nitrogens with zero attached hydrogens (tertiary/aromatic N) is 3. The van der Waals surface area contributed by atoms with Gasteiger partial charge in [0, 0.05) is 17.0 Å². The number of ether oxygens (including phenoxy) is 1. The molecule has 0 N–H and O–H groups in total.